The van der Waals surface area contributed by atoms with Crippen molar-refractivity contribution < 1.29 is 18.0 Å². The predicted octanol–water partition coefficient (Wildman–Crippen LogP) is 1.77. The van der Waals surface area contributed by atoms with Crippen LogP contribution >= 0.6 is 0 Å². The second-order valence-electron chi connectivity index (χ2n) is 5.45. The zero-order chi connectivity index (χ0) is 13.3. The minimum absolute atomic E-state index is 0.0356. The van der Waals surface area contributed by atoms with Crippen LogP contribution in [0.5, 0.6) is 0 Å². The summed E-state index contributed by atoms with van der Waals surface area (Å²) < 4.78 is 38.0. The van der Waals surface area contributed by atoms with Crippen LogP contribution in [0, 0.1) is 17.8 Å². The summed E-state index contributed by atoms with van der Waals surface area (Å²) in [6, 6.07) is 0. The van der Waals surface area contributed by atoms with Crippen LogP contribution in [0.15, 0.2) is 0 Å². The first-order valence-corrected chi connectivity index (χ1v) is 6.47. The Labute approximate surface area is 104 Å². The normalized spacial score (nSPS) is 30.1. The van der Waals surface area contributed by atoms with Gasteiger partial charge in [-0.05, 0) is 25.8 Å². The molecule has 2 aliphatic rings. The molecule has 18 heavy (non-hydrogen) atoms. The van der Waals surface area contributed by atoms with E-state index in [0.717, 1.165) is 0 Å². The zero-order valence-corrected chi connectivity index (χ0v) is 10.2. The van der Waals surface area contributed by atoms with Crippen molar-refractivity contribution in [2.75, 3.05) is 19.6 Å². The lowest BCUT2D eigenvalue weighted by molar-refractivity contribution is -0.187. The molecule has 1 heterocycles. The summed E-state index contributed by atoms with van der Waals surface area (Å²) in [5, 5.41) is 0. The van der Waals surface area contributed by atoms with E-state index >= 15 is 0 Å². The fourth-order valence-electron chi connectivity index (χ4n) is 2.87. The molecule has 0 aromatic heterocycles. The van der Waals surface area contributed by atoms with Gasteiger partial charge in [-0.3, -0.25) is 4.79 Å². The lowest BCUT2D eigenvalue weighted by Gasteiger charge is -2.42. The Morgan fingerprint density at radius 2 is 1.94 bits per heavy atom. The molecule has 1 saturated heterocycles. The van der Waals surface area contributed by atoms with E-state index in [4.69, 9.17) is 5.73 Å². The van der Waals surface area contributed by atoms with Gasteiger partial charge in [-0.1, -0.05) is 6.42 Å². The number of amides is 1. The zero-order valence-electron chi connectivity index (χ0n) is 10.2. The highest BCUT2D eigenvalue weighted by molar-refractivity contribution is 5.79. The number of halogens is 3. The Balaban J connectivity index is 1.87. The van der Waals surface area contributed by atoms with Crippen LogP contribution in [0.4, 0.5) is 13.2 Å². The Hall–Kier alpha value is -0.780. The topological polar surface area (TPSA) is 46.3 Å². The molecular formula is C12H19F3N2O. The summed E-state index contributed by atoms with van der Waals surface area (Å²) in [7, 11) is 0. The van der Waals surface area contributed by atoms with E-state index < -0.39 is 18.0 Å². The average molecular weight is 264 g/mol. The molecule has 1 aliphatic heterocycles. The molecular weight excluding hydrogens is 245 g/mol. The summed E-state index contributed by atoms with van der Waals surface area (Å²) in [4.78, 5) is 13.7. The highest BCUT2D eigenvalue weighted by Gasteiger charge is 2.45. The Morgan fingerprint density at radius 3 is 2.50 bits per heavy atom. The van der Waals surface area contributed by atoms with Crippen molar-refractivity contribution in [2.45, 2.75) is 31.9 Å². The van der Waals surface area contributed by atoms with Gasteiger partial charge >= 0.3 is 6.18 Å². The first-order chi connectivity index (χ1) is 8.41. The number of nitrogens with zero attached hydrogens (tertiary/aromatic N) is 1. The molecule has 2 rings (SSSR count). The van der Waals surface area contributed by atoms with Crippen molar-refractivity contribution in [1.29, 1.82) is 0 Å². The number of carbonyl (C=O) groups is 1. The van der Waals surface area contributed by atoms with Gasteiger partial charge in [0.1, 0.15) is 0 Å². The lowest BCUT2D eigenvalue weighted by atomic mass is 9.79. The van der Waals surface area contributed by atoms with Gasteiger partial charge in [0.25, 0.3) is 0 Å². The Bertz CT molecular complexity index is 313. The summed E-state index contributed by atoms with van der Waals surface area (Å²) in [6.45, 7) is 1.77. The summed E-state index contributed by atoms with van der Waals surface area (Å²) in [5.74, 6) is -1.51. The molecule has 3 nitrogen and oxygen atoms in total. The minimum atomic E-state index is -4.16. The van der Waals surface area contributed by atoms with E-state index in [2.05, 4.69) is 0 Å². The minimum Gasteiger partial charge on any atom is -0.342 e. The molecule has 0 bridgehead atoms. The van der Waals surface area contributed by atoms with E-state index in [-0.39, 0.29) is 18.7 Å². The van der Waals surface area contributed by atoms with Crippen molar-refractivity contribution in [3.63, 3.8) is 0 Å². The van der Waals surface area contributed by atoms with Gasteiger partial charge < -0.3 is 10.6 Å². The van der Waals surface area contributed by atoms with Gasteiger partial charge in [0, 0.05) is 24.9 Å². The summed E-state index contributed by atoms with van der Waals surface area (Å²) in [5.41, 5.74) is 5.47. The average Bonchev–Trinajstić information content (AvgIpc) is 2.26. The van der Waals surface area contributed by atoms with Crippen LogP contribution in [0.3, 0.4) is 0 Å². The van der Waals surface area contributed by atoms with Crippen LogP contribution in [0.1, 0.15) is 25.7 Å². The van der Waals surface area contributed by atoms with Gasteiger partial charge in [0.2, 0.25) is 5.91 Å². The number of rotatable bonds is 2. The molecule has 6 heteroatoms. The molecule has 1 aliphatic carbocycles. The fourth-order valence-corrected chi connectivity index (χ4v) is 2.87. The fraction of sp³-hybridized carbons (Fsp3) is 0.917. The van der Waals surface area contributed by atoms with Gasteiger partial charge in [-0.25, -0.2) is 0 Å². The van der Waals surface area contributed by atoms with Crippen molar-refractivity contribution in [2.24, 2.45) is 23.5 Å². The number of carbonyl (C=O) groups excluding carboxylic acids is 1. The summed E-state index contributed by atoms with van der Waals surface area (Å²) >= 11 is 0. The van der Waals surface area contributed by atoms with Crippen molar-refractivity contribution >= 4 is 5.91 Å². The van der Waals surface area contributed by atoms with Crippen molar-refractivity contribution in [3.05, 3.63) is 0 Å². The lowest BCUT2D eigenvalue weighted by Crippen LogP contribution is -2.54. The third-order valence-corrected chi connectivity index (χ3v) is 4.09. The van der Waals surface area contributed by atoms with Crippen LogP contribution < -0.4 is 5.73 Å². The quantitative estimate of drug-likeness (QED) is 0.826. The molecule has 0 aromatic rings. The first kappa shape index (κ1) is 13.6. The third-order valence-electron chi connectivity index (χ3n) is 4.09. The van der Waals surface area contributed by atoms with Gasteiger partial charge in [-0.15, -0.1) is 0 Å². The van der Waals surface area contributed by atoms with Crippen LogP contribution in [0.2, 0.25) is 0 Å². The highest BCUT2D eigenvalue weighted by atomic mass is 19.4. The number of nitrogens with two attached hydrogens (primary N) is 1. The molecule has 0 spiro atoms. The summed E-state index contributed by atoms with van der Waals surface area (Å²) in [6.07, 6.45) is -2.94. The largest absolute Gasteiger partial charge is 0.391 e. The molecule has 0 aromatic carbocycles. The second kappa shape index (κ2) is 5.07. The molecule has 1 amide bonds. The van der Waals surface area contributed by atoms with Crippen LogP contribution in [-0.4, -0.2) is 36.6 Å². The first-order valence-electron chi connectivity index (χ1n) is 6.47. The van der Waals surface area contributed by atoms with Crippen LogP contribution in [-0.2, 0) is 4.79 Å². The van der Waals surface area contributed by atoms with Gasteiger partial charge in [-0.2, -0.15) is 13.2 Å². The number of likely N-dealkylation sites (tertiary alicyclic amines) is 1. The monoisotopic (exact) mass is 264 g/mol. The van der Waals surface area contributed by atoms with E-state index in [1.807, 2.05) is 0 Å². The van der Waals surface area contributed by atoms with E-state index in [0.29, 0.717) is 38.4 Å². The van der Waals surface area contributed by atoms with E-state index in [1.54, 1.807) is 4.90 Å². The standard InChI is InChI=1S/C12H19F3N2O/c13-12(14,15)10-3-1-2-9(4-10)11(18)17-6-8(5-16)7-17/h8-10H,1-7,16H2. The molecule has 0 radical (unpaired) electrons. The molecule has 104 valence electrons. The second-order valence-corrected chi connectivity index (χ2v) is 5.45. The number of alkyl halides is 3. The molecule has 1 saturated carbocycles. The maximum atomic E-state index is 12.7. The van der Waals surface area contributed by atoms with Crippen molar-refractivity contribution in [1.82, 2.24) is 4.90 Å². The molecule has 2 N–H and O–H groups in total. The molecule has 2 fully saturated rings. The Morgan fingerprint density at radius 1 is 1.28 bits per heavy atom. The van der Waals surface area contributed by atoms with Crippen molar-refractivity contribution in [3.8, 4) is 0 Å². The smallest absolute Gasteiger partial charge is 0.342 e. The third kappa shape index (κ3) is 2.79. The SMILES string of the molecule is NCC1CN(C(=O)C2CCCC(C(F)(F)F)C2)C1. The van der Waals surface area contributed by atoms with E-state index in [9.17, 15) is 18.0 Å². The molecule has 2 unspecified atom stereocenters. The number of hydrogen-bond donors (Lipinski definition) is 1. The maximum Gasteiger partial charge on any atom is 0.391 e. The predicted molar refractivity (Wildman–Crippen MR) is 60.6 cm³/mol. The van der Waals surface area contributed by atoms with Gasteiger partial charge in [0.05, 0.1) is 5.92 Å². The Kier molecular flexibility index (Phi) is 3.84. The van der Waals surface area contributed by atoms with Gasteiger partial charge in [0.15, 0.2) is 0 Å². The number of hydrogen-bond acceptors (Lipinski definition) is 2. The van der Waals surface area contributed by atoms with Crippen LogP contribution in [0.25, 0.3) is 0 Å². The van der Waals surface area contributed by atoms with E-state index in [1.165, 1.54) is 0 Å². The maximum absolute atomic E-state index is 12.7. The highest BCUT2D eigenvalue weighted by Crippen LogP contribution is 2.40. The molecule has 2 atom stereocenters.